The van der Waals surface area contributed by atoms with E-state index in [1.54, 1.807) is 24.4 Å². The van der Waals surface area contributed by atoms with Gasteiger partial charge in [0.05, 0.1) is 24.2 Å². The van der Waals surface area contributed by atoms with Gasteiger partial charge in [-0.25, -0.2) is 8.42 Å². The standard InChI is InChI=1S/C18H23N3O3S/c1-3-15-8-4-5-10-17(15)21(25(2,23)24)13-11-18(22)20-14-16-9-6-7-12-19-16/h4-10,12H,3,11,13-14H2,1-2H3,(H,20,22). The number of nitrogens with one attached hydrogen (secondary N) is 1. The first-order chi connectivity index (χ1) is 11.9. The van der Waals surface area contributed by atoms with Gasteiger partial charge in [-0.15, -0.1) is 0 Å². The molecule has 1 amide bonds. The topological polar surface area (TPSA) is 79.4 Å². The van der Waals surface area contributed by atoms with E-state index in [0.29, 0.717) is 18.7 Å². The zero-order valence-corrected chi connectivity index (χ0v) is 15.3. The van der Waals surface area contributed by atoms with E-state index < -0.39 is 10.0 Å². The minimum Gasteiger partial charge on any atom is -0.350 e. The second-order valence-corrected chi connectivity index (χ2v) is 7.57. The summed E-state index contributed by atoms with van der Waals surface area (Å²) < 4.78 is 25.7. The Hall–Kier alpha value is -2.41. The number of hydrogen-bond donors (Lipinski definition) is 1. The average Bonchev–Trinajstić information content (AvgIpc) is 2.60. The molecule has 0 saturated heterocycles. The monoisotopic (exact) mass is 361 g/mol. The second-order valence-electron chi connectivity index (χ2n) is 5.67. The number of hydrogen-bond acceptors (Lipinski definition) is 4. The van der Waals surface area contributed by atoms with Crippen LogP contribution in [-0.4, -0.2) is 32.1 Å². The summed E-state index contributed by atoms with van der Waals surface area (Å²) in [6.07, 6.45) is 3.62. The number of aryl methyl sites for hydroxylation is 1. The van der Waals surface area contributed by atoms with E-state index in [9.17, 15) is 13.2 Å². The Kier molecular flexibility index (Phi) is 6.52. The number of sulfonamides is 1. The first-order valence-electron chi connectivity index (χ1n) is 8.14. The minimum absolute atomic E-state index is 0.0813. The molecule has 7 heteroatoms. The van der Waals surface area contributed by atoms with Crippen LogP contribution in [0.3, 0.4) is 0 Å². The predicted molar refractivity (Wildman–Crippen MR) is 98.7 cm³/mol. The van der Waals surface area contributed by atoms with E-state index in [-0.39, 0.29) is 18.9 Å². The van der Waals surface area contributed by atoms with Crippen molar-refractivity contribution < 1.29 is 13.2 Å². The van der Waals surface area contributed by atoms with Crippen molar-refractivity contribution in [3.63, 3.8) is 0 Å². The van der Waals surface area contributed by atoms with Crippen molar-refractivity contribution in [3.8, 4) is 0 Å². The van der Waals surface area contributed by atoms with Gasteiger partial charge in [0.2, 0.25) is 15.9 Å². The van der Waals surface area contributed by atoms with Crippen LogP contribution in [0.4, 0.5) is 5.69 Å². The number of pyridine rings is 1. The zero-order chi connectivity index (χ0) is 18.3. The van der Waals surface area contributed by atoms with Gasteiger partial charge in [-0.05, 0) is 30.2 Å². The van der Waals surface area contributed by atoms with Crippen LogP contribution in [0.2, 0.25) is 0 Å². The highest BCUT2D eigenvalue weighted by molar-refractivity contribution is 7.92. The molecule has 1 aromatic heterocycles. The maximum absolute atomic E-state index is 12.2. The number of aromatic nitrogens is 1. The summed E-state index contributed by atoms with van der Waals surface area (Å²) in [5, 5.41) is 2.76. The van der Waals surface area contributed by atoms with Gasteiger partial charge in [0.25, 0.3) is 0 Å². The lowest BCUT2D eigenvalue weighted by Crippen LogP contribution is -2.35. The Bertz CT molecular complexity index is 807. The normalized spacial score (nSPS) is 11.1. The highest BCUT2D eigenvalue weighted by atomic mass is 32.2. The number of anilines is 1. The molecule has 0 radical (unpaired) electrons. The van der Waals surface area contributed by atoms with Crippen molar-refractivity contribution in [2.75, 3.05) is 17.1 Å². The third-order valence-corrected chi connectivity index (χ3v) is 4.96. The molecule has 0 aliphatic carbocycles. The molecule has 0 unspecified atom stereocenters. The highest BCUT2D eigenvalue weighted by Gasteiger charge is 2.20. The quantitative estimate of drug-likeness (QED) is 0.781. The van der Waals surface area contributed by atoms with Crippen molar-refractivity contribution in [1.82, 2.24) is 10.3 Å². The summed E-state index contributed by atoms with van der Waals surface area (Å²) in [5.41, 5.74) is 2.32. The maximum Gasteiger partial charge on any atom is 0.232 e. The van der Waals surface area contributed by atoms with Gasteiger partial charge in [-0.3, -0.25) is 14.1 Å². The van der Waals surface area contributed by atoms with Gasteiger partial charge < -0.3 is 5.32 Å². The Morgan fingerprint density at radius 2 is 1.88 bits per heavy atom. The summed E-state index contributed by atoms with van der Waals surface area (Å²) in [7, 11) is -3.47. The Labute approximate surface area is 148 Å². The van der Waals surface area contributed by atoms with E-state index in [1.807, 2.05) is 31.2 Å². The third-order valence-electron chi connectivity index (χ3n) is 3.78. The highest BCUT2D eigenvalue weighted by Crippen LogP contribution is 2.23. The SMILES string of the molecule is CCc1ccccc1N(CCC(=O)NCc1ccccn1)S(C)(=O)=O. The van der Waals surface area contributed by atoms with Crippen molar-refractivity contribution >= 4 is 21.6 Å². The molecule has 0 bridgehead atoms. The number of carbonyl (C=O) groups is 1. The number of para-hydroxylation sites is 1. The summed E-state index contributed by atoms with van der Waals surface area (Å²) in [5.74, 6) is -0.215. The van der Waals surface area contributed by atoms with Gasteiger partial charge >= 0.3 is 0 Å². The molecule has 2 rings (SSSR count). The van der Waals surface area contributed by atoms with Crippen LogP contribution in [0.1, 0.15) is 24.6 Å². The third kappa shape index (κ3) is 5.56. The second kappa shape index (κ2) is 8.62. The first-order valence-corrected chi connectivity index (χ1v) is 9.99. The average molecular weight is 361 g/mol. The Balaban J connectivity index is 2.02. The molecule has 1 N–H and O–H groups in total. The number of amides is 1. The maximum atomic E-state index is 12.2. The molecule has 25 heavy (non-hydrogen) atoms. The molecule has 0 atom stereocenters. The largest absolute Gasteiger partial charge is 0.350 e. The van der Waals surface area contributed by atoms with Crippen LogP contribution in [0.15, 0.2) is 48.7 Å². The summed E-state index contributed by atoms with van der Waals surface area (Å²) in [4.78, 5) is 16.2. The molecule has 0 spiro atoms. The molecular formula is C18H23N3O3S. The van der Waals surface area contributed by atoms with Crippen LogP contribution >= 0.6 is 0 Å². The van der Waals surface area contributed by atoms with E-state index in [0.717, 1.165) is 17.5 Å². The van der Waals surface area contributed by atoms with E-state index in [2.05, 4.69) is 10.3 Å². The van der Waals surface area contributed by atoms with Gasteiger partial charge in [0, 0.05) is 19.2 Å². The molecule has 0 saturated carbocycles. The molecule has 134 valence electrons. The lowest BCUT2D eigenvalue weighted by molar-refractivity contribution is -0.121. The molecule has 6 nitrogen and oxygen atoms in total. The van der Waals surface area contributed by atoms with Crippen LogP contribution in [0.25, 0.3) is 0 Å². The smallest absolute Gasteiger partial charge is 0.232 e. The molecule has 0 aliphatic heterocycles. The van der Waals surface area contributed by atoms with Gasteiger partial charge in [0.15, 0.2) is 0 Å². The van der Waals surface area contributed by atoms with Crippen molar-refractivity contribution in [1.29, 1.82) is 0 Å². The Morgan fingerprint density at radius 3 is 2.52 bits per heavy atom. The fraction of sp³-hybridized carbons (Fsp3) is 0.333. The van der Waals surface area contributed by atoms with Crippen molar-refractivity contribution in [2.24, 2.45) is 0 Å². The molecular weight excluding hydrogens is 338 g/mol. The van der Waals surface area contributed by atoms with Gasteiger partial charge in [-0.1, -0.05) is 31.2 Å². The number of benzene rings is 1. The number of carbonyl (C=O) groups excluding carboxylic acids is 1. The number of nitrogens with zero attached hydrogens (tertiary/aromatic N) is 2. The van der Waals surface area contributed by atoms with Crippen LogP contribution in [0, 0.1) is 0 Å². The predicted octanol–water partition coefficient (Wildman–Crippen LogP) is 2.12. The van der Waals surface area contributed by atoms with Crippen molar-refractivity contribution in [3.05, 3.63) is 59.9 Å². The van der Waals surface area contributed by atoms with Crippen molar-refractivity contribution in [2.45, 2.75) is 26.3 Å². The molecule has 1 aromatic carbocycles. The zero-order valence-electron chi connectivity index (χ0n) is 14.5. The van der Waals surface area contributed by atoms with E-state index >= 15 is 0 Å². The molecule has 2 aromatic rings. The van der Waals surface area contributed by atoms with Gasteiger partial charge in [-0.2, -0.15) is 0 Å². The molecule has 0 fully saturated rings. The molecule has 0 aliphatic rings. The number of rotatable bonds is 8. The fourth-order valence-corrected chi connectivity index (χ4v) is 3.46. The van der Waals surface area contributed by atoms with E-state index in [4.69, 9.17) is 0 Å². The Morgan fingerprint density at radius 1 is 1.16 bits per heavy atom. The lowest BCUT2D eigenvalue weighted by Gasteiger charge is -2.24. The minimum atomic E-state index is -3.47. The van der Waals surface area contributed by atoms with E-state index in [1.165, 1.54) is 4.31 Å². The fourth-order valence-electron chi connectivity index (χ4n) is 2.50. The van der Waals surface area contributed by atoms with Gasteiger partial charge in [0.1, 0.15) is 0 Å². The van der Waals surface area contributed by atoms with Crippen LogP contribution in [0.5, 0.6) is 0 Å². The summed E-state index contributed by atoms with van der Waals surface area (Å²) in [6.45, 7) is 2.40. The summed E-state index contributed by atoms with van der Waals surface area (Å²) in [6, 6.07) is 12.8. The first kappa shape index (κ1) is 18.9. The molecule has 1 heterocycles. The lowest BCUT2D eigenvalue weighted by atomic mass is 10.1. The summed E-state index contributed by atoms with van der Waals surface area (Å²) >= 11 is 0. The van der Waals surface area contributed by atoms with Crippen LogP contribution in [-0.2, 0) is 27.8 Å². The van der Waals surface area contributed by atoms with Crippen LogP contribution < -0.4 is 9.62 Å².